The molecule has 0 saturated carbocycles. The summed E-state index contributed by atoms with van der Waals surface area (Å²) in [5.41, 5.74) is 2.57. The molecule has 17 heavy (non-hydrogen) atoms. The number of nitrogens with zero attached hydrogens (tertiary/aromatic N) is 3. The highest BCUT2D eigenvalue weighted by molar-refractivity contribution is 5.20. The standard InChI is InChI=1S/C13H24N4/c1-9-6-12(8-16(9)4)15-10(2)13-7-14-17(5)11(13)3/h7,9-10,12,15H,6,8H2,1-5H3. The molecule has 0 amide bonds. The van der Waals surface area contributed by atoms with Gasteiger partial charge in [-0.1, -0.05) is 0 Å². The van der Waals surface area contributed by atoms with E-state index in [0.717, 1.165) is 6.54 Å². The van der Waals surface area contributed by atoms with Crippen LogP contribution >= 0.6 is 0 Å². The molecule has 1 fully saturated rings. The van der Waals surface area contributed by atoms with E-state index in [9.17, 15) is 0 Å². The van der Waals surface area contributed by atoms with Crippen LogP contribution in [0.3, 0.4) is 0 Å². The molecule has 1 N–H and O–H groups in total. The predicted octanol–water partition coefficient (Wildman–Crippen LogP) is 1.47. The van der Waals surface area contributed by atoms with Crippen molar-refractivity contribution in [2.24, 2.45) is 7.05 Å². The van der Waals surface area contributed by atoms with E-state index in [-0.39, 0.29) is 0 Å². The molecule has 1 aliphatic heterocycles. The molecule has 4 nitrogen and oxygen atoms in total. The molecule has 96 valence electrons. The summed E-state index contributed by atoms with van der Waals surface area (Å²) in [6, 6.07) is 1.67. The number of hydrogen-bond donors (Lipinski definition) is 1. The van der Waals surface area contributed by atoms with Crippen molar-refractivity contribution in [2.45, 2.75) is 45.3 Å². The van der Waals surface area contributed by atoms with Gasteiger partial charge in [0.1, 0.15) is 0 Å². The second-order valence-electron chi connectivity index (χ2n) is 5.42. The highest BCUT2D eigenvalue weighted by atomic mass is 15.3. The number of aryl methyl sites for hydroxylation is 1. The molecule has 1 aliphatic rings. The van der Waals surface area contributed by atoms with Crippen molar-refractivity contribution in [3.8, 4) is 0 Å². The molecule has 0 radical (unpaired) electrons. The van der Waals surface area contributed by atoms with E-state index in [1.54, 1.807) is 0 Å². The summed E-state index contributed by atoms with van der Waals surface area (Å²) in [6.45, 7) is 7.80. The number of likely N-dealkylation sites (N-methyl/N-ethyl adjacent to an activating group) is 1. The minimum Gasteiger partial charge on any atom is -0.306 e. The molecule has 0 aromatic carbocycles. The lowest BCUT2D eigenvalue weighted by Crippen LogP contribution is -2.33. The maximum atomic E-state index is 4.31. The molecule has 1 aromatic rings. The van der Waals surface area contributed by atoms with Crippen molar-refractivity contribution in [2.75, 3.05) is 13.6 Å². The zero-order valence-electron chi connectivity index (χ0n) is 11.6. The van der Waals surface area contributed by atoms with Gasteiger partial charge < -0.3 is 10.2 Å². The third kappa shape index (κ3) is 2.53. The fourth-order valence-electron chi connectivity index (χ4n) is 2.70. The summed E-state index contributed by atoms with van der Waals surface area (Å²) in [5.74, 6) is 0. The van der Waals surface area contributed by atoms with Crippen molar-refractivity contribution >= 4 is 0 Å². The number of likely N-dealkylation sites (tertiary alicyclic amines) is 1. The smallest absolute Gasteiger partial charge is 0.0540 e. The van der Waals surface area contributed by atoms with E-state index in [2.05, 4.69) is 43.1 Å². The maximum absolute atomic E-state index is 4.31. The fourth-order valence-corrected chi connectivity index (χ4v) is 2.70. The Hall–Kier alpha value is -0.870. The Labute approximate surface area is 104 Å². The fraction of sp³-hybridized carbons (Fsp3) is 0.769. The van der Waals surface area contributed by atoms with Gasteiger partial charge in [0.2, 0.25) is 0 Å². The third-order valence-electron chi connectivity index (χ3n) is 4.11. The van der Waals surface area contributed by atoms with Crippen LogP contribution in [0.2, 0.25) is 0 Å². The van der Waals surface area contributed by atoms with Gasteiger partial charge in [0.25, 0.3) is 0 Å². The van der Waals surface area contributed by atoms with Crippen LogP contribution in [0.5, 0.6) is 0 Å². The van der Waals surface area contributed by atoms with E-state index in [1.807, 2.05) is 17.9 Å². The van der Waals surface area contributed by atoms with Crippen molar-refractivity contribution in [1.82, 2.24) is 20.0 Å². The highest BCUT2D eigenvalue weighted by Crippen LogP contribution is 2.21. The van der Waals surface area contributed by atoms with Gasteiger partial charge in [-0.15, -0.1) is 0 Å². The summed E-state index contributed by atoms with van der Waals surface area (Å²) >= 11 is 0. The van der Waals surface area contributed by atoms with Gasteiger partial charge >= 0.3 is 0 Å². The molecule has 1 saturated heterocycles. The van der Waals surface area contributed by atoms with E-state index >= 15 is 0 Å². The minimum absolute atomic E-state index is 0.382. The van der Waals surface area contributed by atoms with E-state index in [0.29, 0.717) is 18.1 Å². The van der Waals surface area contributed by atoms with Gasteiger partial charge in [-0.05, 0) is 34.2 Å². The van der Waals surface area contributed by atoms with Crippen LogP contribution in [0.15, 0.2) is 6.20 Å². The first-order chi connectivity index (χ1) is 7.99. The lowest BCUT2D eigenvalue weighted by molar-refractivity contribution is 0.325. The molecular weight excluding hydrogens is 212 g/mol. The number of rotatable bonds is 3. The normalized spacial score (nSPS) is 27.6. The molecule has 2 heterocycles. The Morgan fingerprint density at radius 3 is 2.65 bits per heavy atom. The Kier molecular flexibility index (Phi) is 3.54. The van der Waals surface area contributed by atoms with Crippen molar-refractivity contribution in [3.63, 3.8) is 0 Å². The quantitative estimate of drug-likeness (QED) is 0.863. The van der Waals surface area contributed by atoms with E-state index < -0.39 is 0 Å². The molecule has 2 rings (SSSR count). The average Bonchev–Trinajstić information content (AvgIpc) is 2.73. The van der Waals surface area contributed by atoms with Crippen molar-refractivity contribution in [3.05, 3.63) is 17.5 Å². The number of hydrogen-bond acceptors (Lipinski definition) is 3. The minimum atomic E-state index is 0.382. The molecule has 4 heteroatoms. The number of nitrogens with one attached hydrogen (secondary N) is 1. The Morgan fingerprint density at radius 1 is 1.47 bits per heavy atom. The summed E-state index contributed by atoms with van der Waals surface area (Å²) in [6.07, 6.45) is 3.22. The largest absolute Gasteiger partial charge is 0.306 e. The first kappa shape index (κ1) is 12.6. The van der Waals surface area contributed by atoms with Crippen molar-refractivity contribution < 1.29 is 0 Å². The average molecular weight is 236 g/mol. The van der Waals surface area contributed by atoms with Gasteiger partial charge in [0.15, 0.2) is 0 Å². The second kappa shape index (κ2) is 4.78. The highest BCUT2D eigenvalue weighted by Gasteiger charge is 2.27. The predicted molar refractivity (Wildman–Crippen MR) is 70.0 cm³/mol. The molecule has 3 atom stereocenters. The number of aromatic nitrogens is 2. The SMILES string of the molecule is Cc1c(C(C)NC2CC(C)N(C)C2)cnn1C. The topological polar surface area (TPSA) is 33.1 Å². The van der Waals surface area contributed by atoms with Crippen LogP contribution in [-0.2, 0) is 7.05 Å². The summed E-state index contributed by atoms with van der Waals surface area (Å²) < 4.78 is 1.94. The van der Waals surface area contributed by atoms with Crippen LogP contribution < -0.4 is 5.32 Å². The van der Waals surface area contributed by atoms with Gasteiger partial charge in [-0.25, -0.2) is 0 Å². The Balaban J connectivity index is 1.98. The van der Waals surface area contributed by atoms with Gasteiger partial charge in [-0.3, -0.25) is 4.68 Å². The maximum Gasteiger partial charge on any atom is 0.0540 e. The first-order valence-corrected chi connectivity index (χ1v) is 6.43. The van der Waals surface area contributed by atoms with Crippen LogP contribution in [0, 0.1) is 6.92 Å². The van der Waals surface area contributed by atoms with Gasteiger partial charge in [-0.2, -0.15) is 5.10 Å². The monoisotopic (exact) mass is 236 g/mol. The summed E-state index contributed by atoms with van der Waals surface area (Å²) in [5, 5.41) is 8.02. The Bertz CT molecular complexity index is 375. The molecule has 1 aromatic heterocycles. The van der Waals surface area contributed by atoms with Gasteiger partial charge in [0, 0.05) is 43.0 Å². The molecule has 0 spiro atoms. The van der Waals surface area contributed by atoms with E-state index in [4.69, 9.17) is 0 Å². The molecule has 0 bridgehead atoms. The summed E-state index contributed by atoms with van der Waals surface area (Å²) in [7, 11) is 4.20. The van der Waals surface area contributed by atoms with Crippen LogP contribution in [0.1, 0.15) is 37.6 Å². The van der Waals surface area contributed by atoms with Crippen LogP contribution in [-0.4, -0.2) is 40.4 Å². The first-order valence-electron chi connectivity index (χ1n) is 6.43. The lowest BCUT2D eigenvalue weighted by atomic mass is 10.1. The Morgan fingerprint density at radius 2 is 2.18 bits per heavy atom. The molecule has 3 unspecified atom stereocenters. The molecular formula is C13H24N4. The molecule has 0 aliphatic carbocycles. The third-order valence-corrected chi connectivity index (χ3v) is 4.11. The van der Waals surface area contributed by atoms with Crippen LogP contribution in [0.4, 0.5) is 0 Å². The lowest BCUT2D eigenvalue weighted by Gasteiger charge is -2.19. The zero-order chi connectivity index (χ0) is 12.6. The van der Waals surface area contributed by atoms with Gasteiger partial charge in [0.05, 0.1) is 6.20 Å². The second-order valence-corrected chi connectivity index (χ2v) is 5.42. The summed E-state index contributed by atoms with van der Waals surface area (Å²) in [4.78, 5) is 2.42. The van der Waals surface area contributed by atoms with E-state index in [1.165, 1.54) is 17.7 Å². The van der Waals surface area contributed by atoms with Crippen LogP contribution in [0.25, 0.3) is 0 Å². The van der Waals surface area contributed by atoms with Crippen molar-refractivity contribution in [1.29, 1.82) is 0 Å². The zero-order valence-corrected chi connectivity index (χ0v) is 11.6.